The summed E-state index contributed by atoms with van der Waals surface area (Å²) in [6, 6.07) is 5.16. The highest BCUT2D eigenvalue weighted by Crippen LogP contribution is 2.27. The second-order valence-corrected chi connectivity index (χ2v) is 6.45. The van der Waals surface area contributed by atoms with Crippen molar-refractivity contribution in [2.45, 2.75) is 18.2 Å². The molecular formula is C13H22N2O3S. The summed E-state index contributed by atoms with van der Waals surface area (Å²) in [4.78, 5) is 0.224. The second kappa shape index (κ2) is 6.88. The van der Waals surface area contributed by atoms with Crippen LogP contribution in [0, 0.1) is 6.92 Å². The normalized spacial score (nSPS) is 11.8. The van der Waals surface area contributed by atoms with Crippen LogP contribution in [0.4, 0.5) is 0 Å². The van der Waals surface area contributed by atoms with E-state index in [9.17, 15) is 8.42 Å². The van der Waals surface area contributed by atoms with Crippen LogP contribution in [0.25, 0.3) is 0 Å². The molecule has 0 aliphatic carbocycles. The van der Waals surface area contributed by atoms with E-state index < -0.39 is 10.0 Å². The van der Waals surface area contributed by atoms with Crippen molar-refractivity contribution >= 4 is 10.0 Å². The molecule has 6 heteroatoms. The Morgan fingerprint density at radius 3 is 2.63 bits per heavy atom. The smallest absolute Gasteiger partial charge is 0.246 e. The Labute approximate surface area is 115 Å². The van der Waals surface area contributed by atoms with Gasteiger partial charge in [-0.3, -0.25) is 0 Å². The van der Waals surface area contributed by atoms with Crippen molar-refractivity contribution in [1.82, 2.24) is 9.62 Å². The summed E-state index contributed by atoms with van der Waals surface area (Å²) in [6.07, 6.45) is 0.764. The lowest BCUT2D eigenvalue weighted by atomic mass is 10.2. The van der Waals surface area contributed by atoms with E-state index >= 15 is 0 Å². The number of nitrogens with one attached hydrogen (secondary N) is 1. The zero-order valence-electron chi connectivity index (χ0n) is 11.9. The number of ether oxygens (including phenoxy) is 1. The van der Waals surface area contributed by atoms with E-state index in [2.05, 4.69) is 5.32 Å². The number of hydrogen-bond donors (Lipinski definition) is 1. The largest absolute Gasteiger partial charge is 0.495 e. The molecule has 0 radical (unpaired) electrons. The zero-order chi connectivity index (χ0) is 14.5. The summed E-state index contributed by atoms with van der Waals surface area (Å²) in [7, 11) is 1.41. The molecule has 0 amide bonds. The quantitative estimate of drug-likeness (QED) is 0.766. The molecule has 0 aliphatic heterocycles. The van der Waals surface area contributed by atoms with Gasteiger partial charge in [0.15, 0.2) is 0 Å². The number of hydrogen-bond acceptors (Lipinski definition) is 4. The first kappa shape index (κ1) is 15.9. The molecule has 1 rings (SSSR count). The van der Waals surface area contributed by atoms with Crippen molar-refractivity contribution in [3.05, 3.63) is 23.8 Å². The molecule has 0 atom stereocenters. The van der Waals surface area contributed by atoms with E-state index in [4.69, 9.17) is 4.74 Å². The molecule has 0 spiro atoms. The number of rotatable bonds is 7. The lowest BCUT2D eigenvalue weighted by molar-refractivity contribution is 0.397. The van der Waals surface area contributed by atoms with Crippen molar-refractivity contribution in [2.75, 3.05) is 34.3 Å². The number of sulfonamides is 1. The van der Waals surface area contributed by atoms with E-state index in [0.29, 0.717) is 12.3 Å². The van der Waals surface area contributed by atoms with Gasteiger partial charge in [-0.2, -0.15) is 0 Å². The van der Waals surface area contributed by atoms with Crippen LogP contribution in [0.5, 0.6) is 5.75 Å². The molecule has 0 saturated heterocycles. The third-order valence-corrected chi connectivity index (χ3v) is 4.79. The summed E-state index contributed by atoms with van der Waals surface area (Å²) >= 11 is 0. The molecule has 0 aromatic heterocycles. The monoisotopic (exact) mass is 286 g/mol. The number of aryl methyl sites for hydroxylation is 1. The Balaban J connectivity index is 3.02. The van der Waals surface area contributed by atoms with Crippen molar-refractivity contribution in [3.8, 4) is 5.75 Å². The average Bonchev–Trinajstić information content (AvgIpc) is 2.38. The molecule has 0 aliphatic rings. The highest BCUT2D eigenvalue weighted by Gasteiger charge is 2.24. The maximum Gasteiger partial charge on any atom is 0.246 e. The minimum Gasteiger partial charge on any atom is -0.495 e. The van der Waals surface area contributed by atoms with E-state index in [1.165, 1.54) is 11.4 Å². The Morgan fingerprint density at radius 1 is 1.37 bits per heavy atom. The Bertz CT molecular complexity index is 515. The van der Waals surface area contributed by atoms with Gasteiger partial charge in [0.25, 0.3) is 0 Å². The topological polar surface area (TPSA) is 58.6 Å². The minimum absolute atomic E-state index is 0.224. The van der Waals surface area contributed by atoms with Crippen LogP contribution in [0.1, 0.15) is 12.0 Å². The molecule has 108 valence electrons. The van der Waals surface area contributed by atoms with Crippen molar-refractivity contribution < 1.29 is 13.2 Å². The van der Waals surface area contributed by atoms with Gasteiger partial charge in [0.2, 0.25) is 10.0 Å². The van der Waals surface area contributed by atoms with Crippen molar-refractivity contribution in [1.29, 1.82) is 0 Å². The molecule has 1 aromatic rings. The fraction of sp³-hybridized carbons (Fsp3) is 0.538. The predicted molar refractivity (Wildman–Crippen MR) is 76.1 cm³/mol. The summed E-state index contributed by atoms with van der Waals surface area (Å²) < 4.78 is 31.5. The molecule has 1 N–H and O–H groups in total. The van der Waals surface area contributed by atoms with Crippen molar-refractivity contribution in [2.24, 2.45) is 0 Å². The van der Waals surface area contributed by atoms with E-state index in [-0.39, 0.29) is 4.90 Å². The maximum absolute atomic E-state index is 12.5. The Kier molecular flexibility index (Phi) is 5.78. The standard InChI is InChI=1S/C13H22N2O3S/c1-11-6-7-12(18-4)13(10-11)19(16,17)15(3)9-5-8-14-2/h6-7,10,14H,5,8-9H2,1-4H3. The average molecular weight is 286 g/mol. The van der Waals surface area contributed by atoms with Crippen LogP contribution < -0.4 is 10.1 Å². The van der Waals surface area contributed by atoms with Crippen LogP contribution in [0.2, 0.25) is 0 Å². The number of benzene rings is 1. The molecule has 0 bridgehead atoms. The fourth-order valence-electron chi connectivity index (χ4n) is 1.75. The first-order valence-electron chi connectivity index (χ1n) is 6.19. The first-order valence-corrected chi connectivity index (χ1v) is 7.63. The summed E-state index contributed by atoms with van der Waals surface area (Å²) in [6.45, 7) is 3.12. The van der Waals surface area contributed by atoms with Gasteiger partial charge >= 0.3 is 0 Å². The third kappa shape index (κ3) is 3.92. The van der Waals surface area contributed by atoms with Gasteiger partial charge < -0.3 is 10.1 Å². The van der Waals surface area contributed by atoms with Gasteiger partial charge in [-0.1, -0.05) is 6.07 Å². The number of methoxy groups -OCH3 is 1. The molecule has 0 heterocycles. The van der Waals surface area contributed by atoms with Gasteiger partial charge in [-0.15, -0.1) is 0 Å². The van der Waals surface area contributed by atoms with Crippen LogP contribution in [0.3, 0.4) is 0 Å². The summed E-state index contributed by atoms with van der Waals surface area (Å²) in [5, 5.41) is 3.00. The van der Waals surface area contributed by atoms with Crippen LogP contribution in [0.15, 0.2) is 23.1 Å². The lowest BCUT2D eigenvalue weighted by Gasteiger charge is -2.19. The van der Waals surface area contributed by atoms with Crippen LogP contribution in [-0.4, -0.2) is 47.0 Å². The molecule has 5 nitrogen and oxygen atoms in total. The Hall–Kier alpha value is -1.11. The van der Waals surface area contributed by atoms with Gasteiger partial charge in [0.05, 0.1) is 7.11 Å². The lowest BCUT2D eigenvalue weighted by Crippen LogP contribution is -2.30. The van der Waals surface area contributed by atoms with E-state index in [0.717, 1.165) is 18.5 Å². The summed E-state index contributed by atoms with van der Waals surface area (Å²) in [5.41, 5.74) is 0.892. The molecule has 1 aromatic carbocycles. The van der Waals surface area contributed by atoms with Gasteiger partial charge in [-0.05, 0) is 44.6 Å². The van der Waals surface area contributed by atoms with Gasteiger partial charge in [0.1, 0.15) is 10.6 Å². The van der Waals surface area contributed by atoms with E-state index in [1.54, 1.807) is 19.2 Å². The van der Waals surface area contributed by atoms with Crippen LogP contribution >= 0.6 is 0 Å². The fourth-order valence-corrected chi connectivity index (χ4v) is 3.20. The van der Waals surface area contributed by atoms with Gasteiger partial charge in [0, 0.05) is 13.6 Å². The first-order chi connectivity index (χ1) is 8.93. The van der Waals surface area contributed by atoms with Crippen molar-refractivity contribution in [3.63, 3.8) is 0 Å². The van der Waals surface area contributed by atoms with E-state index in [1.807, 2.05) is 20.0 Å². The molecule has 0 fully saturated rings. The molecule has 19 heavy (non-hydrogen) atoms. The second-order valence-electron chi connectivity index (χ2n) is 4.44. The highest BCUT2D eigenvalue weighted by atomic mass is 32.2. The molecule has 0 unspecified atom stereocenters. The maximum atomic E-state index is 12.5. The minimum atomic E-state index is -3.50. The SMILES string of the molecule is CNCCCN(C)S(=O)(=O)c1cc(C)ccc1OC. The molecule has 0 saturated carbocycles. The Morgan fingerprint density at radius 2 is 2.05 bits per heavy atom. The number of nitrogens with zero attached hydrogens (tertiary/aromatic N) is 1. The van der Waals surface area contributed by atoms with Gasteiger partial charge in [-0.25, -0.2) is 12.7 Å². The van der Waals surface area contributed by atoms with Crippen LogP contribution in [-0.2, 0) is 10.0 Å². The predicted octanol–water partition coefficient (Wildman–Crippen LogP) is 1.23. The molecular weight excluding hydrogens is 264 g/mol. The summed E-state index contributed by atoms with van der Waals surface area (Å²) in [5.74, 6) is 0.381. The highest BCUT2D eigenvalue weighted by molar-refractivity contribution is 7.89. The zero-order valence-corrected chi connectivity index (χ0v) is 12.8. The third-order valence-electron chi connectivity index (χ3n) is 2.91.